The number of hydrogen-bond acceptors (Lipinski definition) is 5. The molecule has 1 aliphatic carbocycles. The molecule has 5 atom stereocenters. The molecule has 0 radical (unpaired) electrons. The van der Waals surface area contributed by atoms with Gasteiger partial charge in [-0.15, -0.1) is 0 Å². The van der Waals surface area contributed by atoms with Crippen LogP contribution in [0.2, 0.25) is 0 Å². The van der Waals surface area contributed by atoms with Crippen molar-refractivity contribution in [3.63, 3.8) is 0 Å². The van der Waals surface area contributed by atoms with Crippen LogP contribution >= 0.6 is 0 Å². The molecule has 0 amide bonds. The molecule has 0 spiro atoms. The third kappa shape index (κ3) is 9.41. The first-order valence-electron chi connectivity index (χ1n) is 26.7. The van der Waals surface area contributed by atoms with Gasteiger partial charge in [0.25, 0.3) is 0 Å². The number of fused-ring (bicyclic) bond motifs is 1. The molecule has 5 unspecified atom stereocenters. The van der Waals surface area contributed by atoms with Crippen LogP contribution in [-0.4, -0.2) is 12.0 Å². The van der Waals surface area contributed by atoms with Gasteiger partial charge in [0, 0.05) is 22.9 Å². The summed E-state index contributed by atoms with van der Waals surface area (Å²) in [6.45, 7) is 7.10. The maximum Gasteiger partial charge on any atom is 0.129 e. The van der Waals surface area contributed by atoms with E-state index in [1.807, 2.05) is 0 Å². The van der Waals surface area contributed by atoms with E-state index in [1.54, 1.807) is 0 Å². The van der Waals surface area contributed by atoms with Gasteiger partial charge in [-0.25, -0.2) is 4.99 Å². The molecule has 368 valence electrons. The van der Waals surface area contributed by atoms with Crippen molar-refractivity contribution in [2.45, 2.75) is 58.0 Å². The Hall–Kier alpha value is -8.51. The van der Waals surface area contributed by atoms with E-state index in [-0.39, 0.29) is 35.7 Å². The van der Waals surface area contributed by atoms with Crippen molar-refractivity contribution in [3.05, 3.63) is 272 Å². The van der Waals surface area contributed by atoms with Gasteiger partial charge in [-0.1, -0.05) is 239 Å². The van der Waals surface area contributed by atoms with Gasteiger partial charge in [0.2, 0.25) is 0 Å². The molecular formula is C70H63N5. The molecule has 75 heavy (non-hydrogen) atoms. The number of amidine groups is 1. The maximum absolute atomic E-state index is 5.54. The Kier molecular flexibility index (Phi) is 13.2. The third-order valence-electron chi connectivity index (χ3n) is 16.1. The molecule has 9 aromatic carbocycles. The second kappa shape index (κ2) is 20.8. The molecule has 2 heterocycles. The average molecular weight is 974 g/mol. The van der Waals surface area contributed by atoms with E-state index in [9.17, 15) is 0 Å². The number of aliphatic imine (C=N–C) groups is 1. The first-order chi connectivity index (χ1) is 36.9. The van der Waals surface area contributed by atoms with Crippen LogP contribution in [0.3, 0.4) is 0 Å². The number of benzene rings is 9. The maximum atomic E-state index is 5.54. The molecule has 0 bridgehead atoms. The summed E-state index contributed by atoms with van der Waals surface area (Å²) in [6.07, 6.45) is 10.8. The lowest BCUT2D eigenvalue weighted by molar-refractivity contribution is 0.254. The van der Waals surface area contributed by atoms with Gasteiger partial charge >= 0.3 is 0 Å². The van der Waals surface area contributed by atoms with Crippen LogP contribution in [0.15, 0.2) is 260 Å². The smallest absolute Gasteiger partial charge is 0.129 e. The van der Waals surface area contributed by atoms with Gasteiger partial charge in [0.05, 0.1) is 11.4 Å². The van der Waals surface area contributed by atoms with Gasteiger partial charge in [0.1, 0.15) is 24.3 Å². The molecule has 5 heteroatoms. The van der Waals surface area contributed by atoms with Gasteiger partial charge in [-0.3, -0.25) is 5.32 Å². The number of allylic oxidation sites excluding steroid dienone is 3. The van der Waals surface area contributed by atoms with Crippen molar-refractivity contribution in [1.82, 2.24) is 10.6 Å². The van der Waals surface area contributed by atoms with Crippen molar-refractivity contribution in [1.29, 1.82) is 0 Å². The van der Waals surface area contributed by atoms with Crippen molar-refractivity contribution in [2.24, 2.45) is 16.3 Å². The molecule has 0 saturated carbocycles. The molecule has 9 aromatic rings. The zero-order valence-electron chi connectivity index (χ0n) is 42.9. The van der Waals surface area contributed by atoms with Crippen LogP contribution in [0.4, 0.5) is 17.1 Å². The number of rotatable bonds is 13. The lowest BCUT2D eigenvalue weighted by Crippen LogP contribution is -2.48. The molecule has 0 fully saturated rings. The molecule has 3 N–H and O–H groups in total. The fraction of sp³-hybridized carbons (Fsp3) is 0.157. The Morgan fingerprint density at radius 1 is 0.453 bits per heavy atom. The predicted molar refractivity (Wildman–Crippen MR) is 315 cm³/mol. The molecular weight excluding hydrogens is 911 g/mol. The molecule has 0 aromatic heterocycles. The van der Waals surface area contributed by atoms with Crippen LogP contribution in [-0.2, 0) is 0 Å². The van der Waals surface area contributed by atoms with Gasteiger partial charge in [-0.05, 0) is 122 Å². The van der Waals surface area contributed by atoms with Crippen LogP contribution in [0.25, 0.3) is 55.6 Å². The highest BCUT2D eigenvalue weighted by Crippen LogP contribution is 2.52. The first-order valence-corrected chi connectivity index (χ1v) is 26.7. The van der Waals surface area contributed by atoms with E-state index in [1.165, 1.54) is 78.1 Å². The van der Waals surface area contributed by atoms with E-state index in [0.29, 0.717) is 0 Å². The molecule has 0 saturated heterocycles. The Morgan fingerprint density at radius 3 is 1.68 bits per heavy atom. The number of hydrogen-bond donors (Lipinski definition) is 3. The van der Waals surface area contributed by atoms with Crippen molar-refractivity contribution >= 4 is 22.9 Å². The average Bonchev–Trinajstić information content (AvgIpc) is 3.93. The fourth-order valence-electron chi connectivity index (χ4n) is 11.6. The fourth-order valence-corrected chi connectivity index (χ4v) is 11.6. The topological polar surface area (TPSA) is 51.7 Å². The van der Waals surface area contributed by atoms with E-state index >= 15 is 0 Å². The standard InChI is InChI=1S/C70H63N5/c1-4-70(3,5-2)69-71-64-46-62(49-27-12-7-13-28-49)63(50-29-14-8-15-30-50)47-65(64)75(69)57-38-24-35-54(45-57)53-34-22-36-55(43-53)58-39-18-19-40-59(58)60-41-20-21-42-61(60)68-73-66(51-31-16-9-17-32-51)72-67(74-68)56-37-23-33-52(44-56)48-25-10-6-11-26-48/h6-47,60-61,66-67,69,71-72H,4-5H2,1-3H3,(H,73,74). The van der Waals surface area contributed by atoms with Crippen LogP contribution < -0.4 is 20.9 Å². The summed E-state index contributed by atoms with van der Waals surface area (Å²) in [4.78, 5) is 8.13. The van der Waals surface area contributed by atoms with Gasteiger partial charge < -0.3 is 15.5 Å². The van der Waals surface area contributed by atoms with Crippen LogP contribution in [0, 0.1) is 11.3 Å². The zero-order valence-corrected chi connectivity index (χ0v) is 42.9. The summed E-state index contributed by atoms with van der Waals surface area (Å²) in [5.74, 6) is 0.969. The normalized spacial score (nSPS) is 18.9. The summed E-state index contributed by atoms with van der Waals surface area (Å²) in [5, 5.41) is 11.9. The van der Waals surface area contributed by atoms with Gasteiger partial charge in [0.15, 0.2) is 0 Å². The SMILES string of the molecule is CCC(C)(CC)C1Nc2cc(-c3ccccc3)c(-c3ccccc3)cc2N1c1cccc(-c2cccc(-c3ccccc3C3C=CC=CC3C3=NC(c4cccc(-c5ccccc5)c4)NC(c4ccccc4)N3)c2)c1. The highest BCUT2D eigenvalue weighted by molar-refractivity contribution is 5.96. The van der Waals surface area contributed by atoms with E-state index in [0.717, 1.165) is 29.9 Å². The molecule has 2 aliphatic heterocycles. The summed E-state index contributed by atoms with van der Waals surface area (Å²) >= 11 is 0. The second-order valence-electron chi connectivity index (χ2n) is 20.5. The summed E-state index contributed by atoms with van der Waals surface area (Å²) in [5.41, 5.74) is 19.1. The van der Waals surface area contributed by atoms with Gasteiger partial charge in [-0.2, -0.15) is 0 Å². The molecule has 5 nitrogen and oxygen atoms in total. The number of nitrogens with zero attached hydrogens (tertiary/aromatic N) is 2. The quantitative estimate of drug-likeness (QED) is 0.108. The number of anilines is 3. The summed E-state index contributed by atoms with van der Waals surface area (Å²) in [7, 11) is 0. The minimum absolute atomic E-state index is 0.00881. The predicted octanol–water partition coefficient (Wildman–Crippen LogP) is 17.6. The molecule has 3 aliphatic rings. The van der Waals surface area contributed by atoms with Crippen LogP contribution in [0.5, 0.6) is 0 Å². The van der Waals surface area contributed by atoms with Crippen LogP contribution in [0.1, 0.15) is 68.6 Å². The van der Waals surface area contributed by atoms with Crippen molar-refractivity contribution in [3.8, 4) is 55.6 Å². The Morgan fingerprint density at radius 2 is 0.987 bits per heavy atom. The van der Waals surface area contributed by atoms with Crippen molar-refractivity contribution < 1.29 is 0 Å². The highest BCUT2D eigenvalue weighted by atomic mass is 15.3. The van der Waals surface area contributed by atoms with E-state index in [4.69, 9.17) is 4.99 Å². The van der Waals surface area contributed by atoms with Crippen molar-refractivity contribution in [2.75, 3.05) is 10.2 Å². The zero-order chi connectivity index (χ0) is 50.7. The summed E-state index contributed by atoms with van der Waals surface area (Å²) < 4.78 is 0. The van der Waals surface area contributed by atoms with E-state index in [2.05, 4.69) is 296 Å². The minimum atomic E-state index is -0.256. The second-order valence-corrected chi connectivity index (χ2v) is 20.5. The Labute approximate surface area is 443 Å². The number of nitrogens with one attached hydrogen (secondary N) is 3. The largest absolute Gasteiger partial charge is 0.363 e. The first kappa shape index (κ1) is 47.5. The lowest BCUT2D eigenvalue weighted by Gasteiger charge is -2.40. The third-order valence-corrected chi connectivity index (χ3v) is 16.1. The molecule has 12 rings (SSSR count). The monoisotopic (exact) mass is 974 g/mol. The highest BCUT2D eigenvalue weighted by Gasteiger charge is 2.42. The summed E-state index contributed by atoms with van der Waals surface area (Å²) in [6, 6.07) is 83.8. The van der Waals surface area contributed by atoms with E-state index < -0.39 is 0 Å². The Balaban J connectivity index is 0.903. The Bertz CT molecular complexity index is 3540. The lowest BCUT2D eigenvalue weighted by atomic mass is 9.78. The minimum Gasteiger partial charge on any atom is -0.363 e.